The lowest BCUT2D eigenvalue weighted by molar-refractivity contribution is -0.402. The molecular formula is C10H7Br2NO3S. The van der Waals surface area contributed by atoms with E-state index in [2.05, 4.69) is 31.9 Å². The van der Waals surface area contributed by atoms with Crippen molar-refractivity contribution in [3.05, 3.63) is 48.3 Å². The predicted molar refractivity (Wildman–Crippen MR) is 72.9 cm³/mol. The third-order valence-corrected chi connectivity index (χ3v) is 5.35. The van der Waals surface area contributed by atoms with E-state index < -0.39 is 4.92 Å². The van der Waals surface area contributed by atoms with Gasteiger partial charge in [-0.15, -0.1) is 11.3 Å². The smallest absolute Gasteiger partial charge is 0.404 e. The molecule has 0 aliphatic heterocycles. The lowest BCUT2D eigenvalue weighted by Crippen LogP contribution is -1.88. The van der Waals surface area contributed by atoms with Crippen LogP contribution in [0.4, 0.5) is 5.88 Å². The van der Waals surface area contributed by atoms with Gasteiger partial charge >= 0.3 is 5.88 Å². The van der Waals surface area contributed by atoms with Gasteiger partial charge in [0.2, 0.25) is 0 Å². The molecule has 17 heavy (non-hydrogen) atoms. The maximum atomic E-state index is 10.5. The molecule has 0 spiro atoms. The van der Waals surface area contributed by atoms with Crippen molar-refractivity contribution in [2.45, 2.75) is 11.8 Å². The third kappa shape index (κ3) is 2.61. The Hall–Kier alpha value is -0.660. The van der Waals surface area contributed by atoms with Crippen LogP contribution in [0.3, 0.4) is 0 Å². The van der Waals surface area contributed by atoms with Crippen LogP contribution >= 0.6 is 43.2 Å². The van der Waals surface area contributed by atoms with Gasteiger partial charge in [0.1, 0.15) is 15.5 Å². The number of thiophene rings is 1. The van der Waals surface area contributed by atoms with Gasteiger partial charge in [0.25, 0.3) is 0 Å². The van der Waals surface area contributed by atoms with Crippen LogP contribution in [0.15, 0.2) is 27.1 Å². The van der Waals surface area contributed by atoms with Gasteiger partial charge in [-0.05, 0) is 35.0 Å². The third-order valence-electron chi connectivity index (χ3n) is 2.11. The molecule has 2 aromatic heterocycles. The molecule has 90 valence electrons. The zero-order chi connectivity index (χ0) is 12.6. The molecule has 1 unspecified atom stereocenters. The number of aryl methyl sites for hydroxylation is 1. The van der Waals surface area contributed by atoms with E-state index in [1.165, 1.54) is 6.07 Å². The summed E-state index contributed by atoms with van der Waals surface area (Å²) in [5.74, 6) is 0.285. The Bertz CT molecular complexity index is 564. The zero-order valence-corrected chi connectivity index (χ0v) is 12.6. The van der Waals surface area contributed by atoms with Crippen molar-refractivity contribution in [3.8, 4) is 0 Å². The molecule has 0 saturated carbocycles. The van der Waals surface area contributed by atoms with Crippen molar-refractivity contribution >= 4 is 49.1 Å². The van der Waals surface area contributed by atoms with Crippen LogP contribution < -0.4 is 0 Å². The molecular weight excluding hydrogens is 374 g/mol. The molecule has 0 saturated heterocycles. The summed E-state index contributed by atoms with van der Waals surface area (Å²) in [6.07, 6.45) is 0. The molecule has 0 fully saturated rings. The standard InChI is InChI=1S/C10H7Br2NO3S/c1-5-4-6(11)10(17-5)9(12)7-2-3-8(16-7)13(14)15/h2-4,9H,1H3. The van der Waals surface area contributed by atoms with Crippen LogP contribution in [0, 0.1) is 17.0 Å². The second kappa shape index (κ2) is 4.91. The number of alkyl halides is 1. The maximum absolute atomic E-state index is 10.5. The van der Waals surface area contributed by atoms with E-state index in [9.17, 15) is 10.1 Å². The highest BCUT2D eigenvalue weighted by Crippen LogP contribution is 2.41. The van der Waals surface area contributed by atoms with Gasteiger partial charge in [0.15, 0.2) is 0 Å². The average Bonchev–Trinajstić information content (AvgIpc) is 2.84. The van der Waals surface area contributed by atoms with Gasteiger partial charge < -0.3 is 4.42 Å². The summed E-state index contributed by atoms with van der Waals surface area (Å²) in [6, 6.07) is 4.97. The predicted octanol–water partition coefficient (Wildman–Crippen LogP) is 4.80. The van der Waals surface area contributed by atoms with E-state index in [0.717, 1.165) is 14.2 Å². The Labute approximate surface area is 118 Å². The number of hydrogen-bond donors (Lipinski definition) is 0. The summed E-state index contributed by atoms with van der Waals surface area (Å²) in [7, 11) is 0. The molecule has 2 aromatic rings. The Morgan fingerprint density at radius 1 is 1.53 bits per heavy atom. The lowest BCUT2D eigenvalue weighted by atomic mass is 10.3. The van der Waals surface area contributed by atoms with E-state index >= 15 is 0 Å². The summed E-state index contributed by atoms with van der Waals surface area (Å²) < 4.78 is 6.14. The van der Waals surface area contributed by atoms with Gasteiger partial charge in [0.05, 0.1) is 6.07 Å². The van der Waals surface area contributed by atoms with E-state index in [0.29, 0.717) is 5.76 Å². The number of furan rings is 1. The summed E-state index contributed by atoms with van der Waals surface area (Å²) in [5, 5.41) is 10.5. The van der Waals surface area contributed by atoms with Crippen molar-refractivity contribution < 1.29 is 9.34 Å². The highest BCUT2D eigenvalue weighted by Gasteiger charge is 2.22. The molecule has 0 bridgehead atoms. The second-order valence-electron chi connectivity index (χ2n) is 3.36. The molecule has 7 heteroatoms. The first-order valence-electron chi connectivity index (χ1n) is 4.63. The molecule has 0 aliphatic carbocycles. The highest BCUT2D eigenvalue weighted by molar-refractivity contribution is 9.11. The van der Waals surface area contributed by atoms with Crippen molar-refractivity contribution in [3.63, 3.8) is 0 Å². The van der Waals surface area contributed by atoms with E-state index in [1.54, 1.807) is 17.4 Å². The summed E-state index contributed by atoms with van der Waals surface area (Å²) in [4.78, 5) is 12.0. The van der Waals surface area contributed by atoms with Gasteiger partial charge in [-0.2, -0.15) is 0 Å². The zero-order valence-electron chi connectivity index (χ0n) is 8.65. The molecule has 4 nitrogen and oxygen atoms in total. The van der Waals surface area contributed by atoms with Gasteiger partial charge in [-0.25, -0.2) is 0 Å². The van der Waals surface area contributed by atoms with Crippen molar-refractivity contribution in [2.24, 2.45) is 0 Å². The first-order valence-corrected chi connectivity index (χ1v) is 7.15. The topological polar surface area (TPSA) is 56.3 Å². The van der Waals surface area contributed by atoms with Gasteiger partial charge in [-0.1, -0.05) is 15.9 Å². The summed E-state index contributed by atoms with van der Waals surface area (Å²) in [5.41, 5.74) is 0. The van der Waals surface area contributed by atoms with E-state index in [-0.39, 0.29) is 10.7 Å². The van der Waals surface area contributed by atoms with Crippen LogP contribution in [-0.4, -0.2) is 4.92 Å². The van der Waals surface area contributed by atoms with Crippen LogP contribution in [0.5, 0.6) is 0 Å². The Balaban J connectivity index is 2.33. The molecule has 1 atom stereocenters. The number of nitrogens with zero attached hydrogens (tertiary/aromatic N) is 1. The maximum Gasteiger partial charge on any atom is 0.433 e. The Kier molecular flexibility index (Phi) is 3.70. The Morgan fingerprint density at radius 2 is 2.24 bits per heavy atom. The summed E-state index contributed by atoms with van der Waals surface area (Å²) in [6.45, 7) is 2.00. The fourth-order valence-corrected chi connectivity index (χ4v) is 4.33. The van der Waals surface area contributed by atoms with E-state index in [1.807, 2.05) is 13.0 Å². The van der Waals surface area contributed by atoms with Crippen molar-refractivity contribution in [1.29, 1.82) is 0 Å². The molecule has 0 aromatic carbocycles. The van der Waals surface area contributed by atoms with Crippen molar-refractivity contribution in [1.82, 2.24) is 0 Å². The van der Waals surface area contributed by atoms with Gasteiger partial charge in [-0.3, -0.25) is 10.1 Å². The molecule has 2 rings (SSSR count). The molecule has 0 radical (unpaired) electrons. The highest BCUT2D eigenvalue weighted by atomic mass is 79.9. The minimum atomic E-state index is -0.544. The number of hydrogen-bond acceptors (Lipinski definition) is 4. The first kappa shape index (κ1) is 12.8. The quantitative estimate of drug-likeness (QED) is 0.436. The van der Waals surface area contributed by atoms with Crippen LogP contribution in [-0.2, 0) is 0 Å². The lowest BCUT2D eigenvalue weighted by Gasteiger charge is -2.03. The molecule has 2 heterocycles. The fraction of sp³-hybridized carbons (Fsp3) is 0.200. The SMILES string of the molecule is Cc1cc(Br)c(C(Br)c2ccc([N+](=O)[O-])o2)s1. The minimum Gasteiger partial charge on any atom is -0.404 e. The van der Waals surface area contributed by atoms with Crippen LogP contribution in [0.1, 0.15) is 20.3 Å². The van der Waals surface area contributed by atoms with E-state index in [4.69, 9.17) is 4.42 Å². The number of rotatable bonds is 3. The fourth-order valence-electron chi connectivity index (χ4n) is 1.38. The number of nitro groups is 1. The molecule has 0 amide bonds. The second-order valence-corrected chi connectivity index (χ2v) is 6.42. The van der Waals surface area contributed by atoms with Gasteiger partial charge in [0, 0.05) is 14.2 Å². The monoisotopic (exact) mass is 379 g/mol. The minimum absolute atomic E-state index is 0.177. The average molecular weight is 381 g/mol. The molecule has 0 N–H and O–H groups in total. The number of halogens is 2. The Morgan fingerprint density at radius 3 is 2.71 bits per heavy atom. The largest absolute Gasteiger partial charge is 0.433 e. The van der Waals surface area contributed by atoms with Crippen molar-refractivity contribution in [2.75, 3.05) is 0 Å². The molecule has 0 aliphatic rings. The van der Waals surface area contributed by atoms with Crippen LogP contribution in [0.25, 0.3) is 0 Å². The normalized spacial score (nSPS) is 12.6. The van der Waals surface area contributed by atoms with Crippen LogP contribution in [0.2, 0.25) is 0 Å². The summed E-state index contributed by atoms with van der Waals surface area (Å²) >= 11 is 8.55. The first-order chi connectivity index (χ1) is 7.99.